The Morgan fingerprint density at radius 3 is 2.22 bits per heavy atom. The van der Waals surface area contributed by atoms with Crippen molar-refractivity contribution in [1.82, 2.24) is 5.32 Å². The highest BCUT2D eigenvalue weighted by molar-refractivity contribution is 7.92. The molecule has 3 N–H and O–H groups in total. The number of aliphatic hydroxyl groups is 1. The Hall–Kier alpha value is -4.02. The summed E-state index contributed by atoms with van der Waals surface area (Å²) in [4.78, 5) is 12.9. The molecule has 0 unspecified atom stereocenters. The van der Waals surface area contributed by atoms with Crippen LogP contribution in [0.25, 0.3) is 22.3 Å². The number of carbonyl (C=O) groups excluding carboxylic acids is 1. The maximum absolute atomic E-state index is 12.9. The molecule has 1 heterocycles. The number of nitrogens with one attached hydrogen (secondary N) is 2. The molecular formula is C27H29N3O6S. The number of furan rings is 1. The zero-order chi connectivity index (χ0) is 26.7. The van der Waals surface area contributed by atoms with Gasteiger partial charge in [-0.05, 0) is 49.4 Å². The van der Waals surface area contributed by atoms with Gasteiger partial charge in [-0.2, -0.15) is 0 Å². The molecule has 0 aliphatic rings. The standard InChI is InChI=1S/C27H29N3O6S/c1-17-5-9-19(10-6-17)29-20-11-7-18(8-12-20)26-25(27(32)28-2)21-15-24(35-3)22(16-23(21)36-26)30(13-14-31)37(4,33)34/h5-12,15-16,29,31H,13-14H2,1-4H3,(H,28,32). The van der Waals surface area contributed by atoms with Crippen LogP contribution in [-0.4, -0.2) is 53.0 Å². The van der Waals surface area contributed by atoms with E-state index in [1.54, 1.807) is 6.07 Å². The minimum Gasteiger partial charge on any atom is -0.495 e. The second-order valence-corrected chi connectivity index (χ2v) is 10.4. The van der Waals surface area contributed by atoms with Gasteiger partial charge in [-0.25, -0.2) is 8.42 Å². The van der Waals surface area contributed by atoms with Crippen LogP contribution in [0.5, 0.6) is 5.75 Å². The third-order valence-corrected chi connectivity index (χ3v) is 7.08. The molecule has 1 aromatic heterocycles. The van der Waals surface area contributed by atoms with E-state index in [1.807, 2.05) is 55.5 Å². The Kier molecular flexibility index (Phi) is 7.42. The number of benzene rings is 3. The molecule has 0 saturated carbocycles. The molecule has 0 aliphatic heterocycles. The van der Waals surface area contributed by atoms with Gasteiger partial charge in [0.05, 0.1) is 37.8 Å². The molecule has 3 aromatic carbocycles. The van der Waals surface area contributed by atoms with Crippen LogP contribution < -0.4 is 19.7 Å². The Bertz CT molecular complexity index is 1530. The smallest absolute Gasteiger partial charge is 0.255 e. The number of nitrogens with zero attached hydrogens (tertiary/aromatic N) is 1. The van der Waals surface area contributed by atoms with E-state index in [-0.39, 0.29) is 30.5 Å². The molecule has 0 bridgehead atoms. The summed E-state index contributed by atoms with van der Waals surface area (Å²) in [7, 11) is -0.793. The SMILES string of the molecule is CNC(=O)c1c(-c2ccc(Nc3ccc(C)cc3)cc2)oc2cc(N(CCO)S(C)(=O)=O)c(OC)cc12. The van der Waals surface area contributed by atoms with E-state index < -0.39 is 10.0 Å². The van der Waals surface area contributed by atoms with Crippen molar-refractivity contribution in [2.75, 3.05) is 43.2 Å². The van der Waals surface area contributed by atoms with Gasteiger partial charge in [-0.15, -0.1) is 0 Å². The zero-order valence-electron chi connectivity index (χ0n) is 21.0. The maximum atomic E-state index is 12.9. The monoisotopic (exact) mass is 523 g/mol. The van der Waals surface area contributed by atoms with Crippen LogP contribution >= 0.6 is 0 Å². The van der Waals surface area contributed by atoms with E-state index in [0.717, 1.165) is 21.9 Å². The van der Waals surface area contributed by atoms with Gasteiger partial charge >= 0.3 is 0 Å². The molecule has 0 saturated heterocycles. The molecule has 0 spiro atoms. The Morgan fingerprint density at radius 1 is 1.05 bits per heavy atom. The van der Waals surface area contributed by atoms with E-state index in [1.165, 1.54) is 25.8 Å². The van der Waals surface area contributed by atoms with Gasteiger partial charge in [0.15, 0.2) is 0 Å². The summed E-state index contributed by atoms with van der Waals surface area (Å²) in [6.45, 7) is 1.48. The van der Waals surface area contributed by atoms with Crippen molar-refractivity contribution in [3.63, 3.8) is 0 Å². The molecule has 1 amide bonds. The van der Waals surface area contributed by atoms with Crippen molar-refractivity contribution in [3.8, 4) is 17.1 Å². The lowest BCUT2D eigenvalue weighted by Gasteiger charge is -2.23. The quantitative estimate of drug-likeness (QED) is 0.299. The number of ether oxygens (including phenoxy) is 1. The number of amides is 1. The third-order valence-electron chi connectivity index (χ3n) is 5.90. The summed E-state index contributed by atoms with van der Waals surface area (Å²) < 4.78 is 37.5. The number of rotatable bonds is 9. The summed E-state index contributed by atoms with van der Waals surface area (Å²) in [5.74, 6) is 0.200. The van der Waals surface area contributed by atoms with Crippen LogP contribution in [0, 0.1) is 6.92 Å². The average molecular weight is 524 g/mol. The number of hydrogen-bond donors (Lipinski definition) is 3. The van der Waals surface area contributed by atoms with Crippen LogP contribution in [-0.2, 0) is 10.0 Å². The highest BCUT2D eigenvalue weighted by Gasteiger charge is 2.27. The zero-order valence-corrected chi connectivity index (χ0v) is 21.8. The summed E-state index contributed by atoms with van der Waals surface area (Å²) in [6.07, 6.45) is 1.04. The fourth-order valence-corrected chi connectivity index (χ4v) is 5.00. The van der Waals surface area contributed by atoms with Gasteiger partial charge in [0, 0.05) is 35.4 Å². The minimum atomic E-state index is -3.73. The molecule has 0 fully saturated rings. The maximum Gasteiger partial charge on any atom is 0.255 e. The number of aliphatic hydroxyl groups excluding tert-OH is 1. The Balaban J connectivity index is 1.81. The van der Waals surface area contributed by atoms with Crippen molar-refractivity contribution in [1.29, 1.82) is 0 Å². The number of anilines is 3. The molecule has 37 heavy (non-hydrogen) atoms. The molecular weight excluding hydrogens is 494 g/mol. The minimum absolute atomic E-state index is 0.161. The normalized spacial score (nSPS) is 11.4. The van der Waals surface area contributed by atoms with Gasteiger partial charge < -0.3 is 24.9 Å². The van der Waals surface area contributed by atoms with Gasteiger partial charge in [-0.1, -0.05) is 17.7 Å². The second kappa shape index (κ2) is 10.5. The Labute approximate surface area is 215 Å². The average Bonchev–Trinajstić information content (AvgIpc) is 3.25. The van der Waals surface area contributed by atoms with Gasteiger partial charge in [0.1, 0.15) is 17.1 Å². The summed E-state index contributed by atoms with van der Waals surface area (Å²) in [6, 6.07) is 18.6. The lowest BCUT2D eigenvalue weighted by atomic mass is 10.0. The topological polar surface area (TPSA) is 121 Å². The number of carbonyl (C=O) groups is 1. The lowest BCUT2D eigenvalue weighted by Crippen LogP contribution is -2.32. The first-order chi connectivity index (χ1) is 17.7. The van der Waals surface area contributed by atoms with Crippen LogP contribution in [0.15, 0.2) is 65.1 Å². The molecule has 10 heteroatoms. The first kappa shape index (κ1) is 26.1. The van der Waals surface area contributed by atoms with Crippen LogP contribution in [0.1, 0.15) is 15.9 Å². The fraction of sp³-hybridized carbons (Fsp3) is 0.222. The number of methoxy groups -OCH3 is 1. The first-order valence-corrected chi connectivity index (χ1v) is 13.4. The fourth-order valence-electron chi connectivity index (χ4n) is 4.09. The van der Waals surface area contributed by atoms with Gasteiger partial charge in [0.25, 0.3) is 5.91 Å². The molecule has 9 nitrogen and oxygen atoms in total. The summed E-state index contributed by atoms with van der Waals surface area (Å²) in [5, 5.41) is 15.9. The molecule has 0 aliphatic carbocycles. The van der Waals surface area contributed by atoms with Crippen molar-refractivity contribution >= 4 is 44.0 Å². The highest BCUT2D eigenvalue weighted by Crippen LogP contribution is 2.41. The van der Waals surface area contributed by atoms with Crippen LogP contribution in [0.4, 0.5) is 17.1 Å². The largest absolute Gasteiger partial charge is 0.495 e. The lowest BCUT2D eigenvalue weighted by molar-refractivity contribution is 0.0964. The molecule has 194 valence electrons. The summed E-state index contributed by atoms with van der Waals surface area (Å²) >= 11 is 0. The van der Waals surface area contributed by atoms with Crippen molar-refractivity contribution in [2.24, 2.45) is 0 Å². The van der Waals surface area contributed by atoms with Crippen molar-refractivity contribution in [3.05, 3.63) is 71.8 Å². The molecule has 4 rings (SSSR count). The number of sulfonamides is 1. The number of aryl methyl sites for hydroxylation is 1. The van der Waals surface area contributed by atoms with Gasteiger partial charge in [0.2, 0.25) is 10.0 Å². The van der Waals surface area contributed by atoms with E-state index in [0.29, 0.717) is 27.9 Å². The second-order valence-electron chi connectivity index (χ2n) is 8.53. The van der Waals surface area contributed by atoms with Crippen molar-refractivity contribution in [2.45, 2.75) is 6.92 Å². The Morgan fingerprint density at radius 2 is 1.68 bits per heavy atom. The molecule has 0 radical (unpaired) electrons. The predicted octanol–water partition coefficient (Wildman–Crippen LogP) is 4.28. The number of fused-ring (bicyclic) bond motifs is 1. The van der Waals surface area contributed by atoms with Crippen LogP contribution in [0.3, 0.4) is 0 Å². The number of hydrogen-bond acceptors (Lipinski definition) is 7. The molecule has 4 aromatic rings. The summed E-state index contributed by atoms with van der Waals surface area (Å²) in [5.41, 5.74) is 4.46. The van der Waals surface area contributed by atoms with Gasteiger partial charge in [-0.3, -0.25) is 9.10 Å². The van der Waals surface area contributed by atoms with Crippen molar-refractivity contribution < 1.29 is 27.5 Å². The molecule has 0 atom stereocenters. The van der Waals surface area contributed by atoms with Crippen LogP contribution in [0.2, 0.25) is 0 Å². The predicted molar refractivity (Wildman–Crippen MR) is 145 cm³/mol. The van der Waals surface area contributed by atoms with E-state index in [9.17, 15) is 18.3 Å². The third kappa shape index (κ3) is 5.40. The van der Waals surface area contributed by atoms with E-state index in [2.05, 4.69) is 10.6 Å². The van der Waals surface area contributed by atoms with E-state index >= 15 is 0 Å². The first-order valence-electron chi connectivity index (χ1n) is 11.6. The van der Waals surface area contributed by atoms with E-state index in [4.69, 9.17) is 9.15 Å². The highest BCUT2D eigenvalue weighted by atomic mass is 32.2.